The van der Waals surface area contributed by atoms with Gasteiger partial charge in [0.15, 0.2) is 0 Å². The average Bonchev–Trinajstić information content (AvgIpc) is 3.12. The molecule has 0 amide bonds. The van der Waals surface area contributed by atoms with Crippen LogP contribution in [0, 0.1) is 5.92 Å². The largest absolute Gasteiger partial charge is 0.469 e. The fourth-order valence-electron chi connectivity index (χ4n) is 5.05. The van der Waals surface area contributed by atoms with Crippen LogP contribution in [0.3, 0.4) is 0 Å². The quantitative estimate of drug-likeness (QED) is 0.228. The van der Waals surface area contributed by atoms with E-state index in [-0.39, 0.29) is 23.2 Å². The van der Waals surface area contributed by atoms with E-state index in [1.54, 1.807) is 0 Å². The van der Waals surface area contributed by atoms with Crippen LogP contribution >= 0.6 is 11.6 Å². The van der Waals surface area contributed by atoms with Gasteiger partial charge in [0.2, 0.25) is 0 Å². The molecule has 1 fully saturated rings. The molecule has 0 bridgehead atoms. The third kappa shape index (κ3) is 7.56. The molecule has 0 spiro atoms. The van der Waals surface area contributed by atoms with Crippen LogP contribution in [0.25, 0.3) is 0 Å². The van der Waals surface area contributed by atoms with Crippen molar-refractivity contribution in [2.24, 2.45) is 5.92 Å². The Bertz CT molecular complexity index is 839. The lowest BCUT2D eigenvalue weighted by Crippen LogP contribution is -2.19. The van der Waals surface area contributed by atoms with Crippen LogP contribution in [0.1, 0.15) is 80.1 Å². The van der Waals surface area contributed by atoms with Gasteiger partial charge in [-0.3, -0.25) is 4.79 Å². The molecule has 1 aliphatic rings. The lowest BCUT2D eigenvalue weighted by Gasteiger charge is -2.24. The first kappa shape index (κ1) is 25.7. The summed E-state index contributed by atoms with van der Waals surface area (Å²) < 4.78 is 4.68. The van der Waals surface area contributed by atoms with Gasteiger partial charge in [0.25, 0.3) is 0 Å². The van der Waals surface area contributed by atoms with Crippen molar-refractivity contribution in [1.82, 2.24) is 0 Å². The van der Waals surface area contributed by atoms with Crippen molar-refractivity contribution in [2.45, 2.75) is 81.3 Å². The third-order valence-corrected chi connectivity index (χ3v) is 7.46. The van der Waals surface area contributed by atoms with E-state index in [4.69, 9.17) is 11.6 Å². The number of methoxy groups -OCH3 is 1. The lowest BCUT2D eigenvalue weighted by atomic mass is 9.83. The Balaban J connectivity index is 1.52. The second-order valence-electron chi connectivity index (χ2n) is 9.24. The summed E-state index contributed by atoms with van der Waals surface area (Å²) in [6.45, 7) is 0. The average molecular weight is 473 g/mol. The van der Waals surface area contributed by atoms with E-state index in [1.807, 2.05) is 42.5 Å². The topological polar surface area (TPSA) is 66.8 Å². The maximum Gasteiger partial charge on any atom is 0.305 e. The number of unbranched alkanes of at least 4 members (excludes halogenated alkanes) is 3. The second-order valence-corrected chi connectivity index (χ2v) is 9.81. The number of rotatable bonds is 12. The molecule has 0 aliphatic heterocycles. The Kier molecular flexibility index (Phi) is 10.2. The molecule has 5 atom stereocenters. The van der Waals surface area contributed by atoms with E-state index in [0.717, 1.165) is 49.7 Å². The standard InChI is InChI=1S/C28H37ClO4/c1-33-27(32)12-8-3-2-7-11-23-24(29)19-26(31)28(23)22-16-14-21(15-17-22)25(30)18-13-20-9-5-4-6-10-20/h4-6,9-10,14-17,23-26,28,30-31H,2-3,7-8,11-13,18-19H2,1H3/t23-,24+,25?,26+,28+/m0/s1. The monoisotopic (exact) mass is 472 g/mol. The fourth-order valence-corrected chi connectivity index (χ4v) is 5.52. The molecule has 2 aromatic rings. The number of benzene rings is 2. The summed E-state index contributed by atoms with van der Waals surface area (Å²) in [5.41, 5.74) is 3.23. The van der Waals surface area contributed by atoms with Gasteiger partial charge >= 0.3 is 5.97 Å². The highest BCUT2D eigenvalue weighted by Gasteiger charge is 2.41. The first-order valence-corrected chi connectivity index (χ1v) is 12.6. The highest BCUT2D eigenvalue weighted by molar-refractivity contribution is 6.21. The van der Waals surface area contributed by atoms with Gasteiger partial charge < -0.3 is 14.9 Å². The third-order valence-electron chi connectivity index (χ3n) is 6.96. The van der Waals surface area contributed by atoms with Crippen molar-refractivity contribution in [3.63, 3.8) is 0 Å². The van der Waals surface area contributed by atoms with Crippen LogP contribution in [0.5, 0.6) is 0 Å². The molecule has 2 aromatic carbocycles. The molecular weight excluding hydrogens is 436 g/mol. The number of aryl methyl sites for hydroxylation is 1. The van der Waals surface area contributed by atoms with Crippen molar-refractivity contribution >= 4 is 17.6 Å². The molecule has 2 N–H and O–H groups in total. The maximum absolute atomic E-state index is 11.2. The Morgan fingerprint density at radius 1 is 1.06 bits per heavy atom. The minimum atomic E-state index is -0.505. The number of carbonyl (C=O) groups is 1. The highest BCUT2D eigenvalue weighted by Crippen LogP contribution is 2.45. The zero-order chi connectivity index (χ0) is 23.6. The number of carbonyl (C=O) groups excluding carboxylic acids is 1. The smallest absolute Gasteiger partial charge is 0.305 e. The summed E-state index contributed by atoms with van der Waals surface area (Å²) in [5, 5.41) is 21.3. The highest BCUT2D eigenvalue weighted by atomic mass is 35.5. The molecule has 0 aromatic heterocycles. The predicted octanol–water partition coefficient (Wildman–Crippen LogP) is 5.94. The zero-order valence-corrected chi connectivity index (χ0v) is 20.3. The number of hydrogen-bond donors (Lipinski definition) is 2. The molecule has 3 rings (SSSR count). The number of hydrogen-bond acceptors (Lipinski definition) is 4. The van der Waals surface area contributed by atoms with Gasteiger partial charge in [-0.15, -0.1) is 11.6 Å². The van der Waals surface area contributed by atoms with Crippen LogP contribution in [-0.4, -0.2) is 34.8 Å². The minimum absolute atomic E-state index is 0.0260. The molecule has 1 unspecified atom stereocenters. The number of aliphatic hydroxyl groups excluding tert-OH is 2. The van der Waals surface area contributed by atoms with Crippen molar-refractivity contribution in [3.8, 4) is 0 Å². The van der Waals surface area contributed by atoms with E-state index >= 15 is 0 Å². The maximum atomic E-state index is 11.2. The van der Waals surface area contributed by atoms with Crippen molar-refractivity contribution in [1.29, 1.82) is 0 Å². The predicted molar refractivity (Wildman–Crippen MR) is 132 cm³/mol. The van der Waals surface area contributed by atoms with E-state index in [1.165, 1.54) is 12.7 Å². The summed E-state index contributed by atoms with van der Waals surface area (Å²) in [6, 6.07) is 18.3. The summed E-state index contributed by atoms with van der Waals surface area (Å²) >= 11 is 6.64. The summed E-state index contributed by atoms with van der Waals surface area (Å²) in [4.78, 5) is 11.2. The Morgan fingerprint density at radius 2 is 1.76 bits per heavy atom. The van der Waals surface area contributed by atoms with Crippen molar-refractivity contribution in [2.75, 3.05) is 7.11 Å². The van der Waals surface area contributed by atoms with Gasteiger partial charge in [-0.05, 0) is 54.7 Å². The molecule has 0 saturated heterocycles. The number of halogens is 1. The van der Waals surface area contributed by atoms with Gasteiger partial charge in [-0.1, -0.05) is 73.9 Å². The van der Waals surface area contributed by atoms with Gasteiger partial charge in [0.1, 0.15) is 0 Å². The van der Waals surface area contributed by atoms with Crippen molar-refractivity contribution < 1.29 is 19.7 Å². The number of esters is 1. The summed E-state index contributed by atoms with van der Waals surface area (Å²) in [6.07, 6.45) is 6.55. The first-order valence-electron chi connectivity index (χ1n) is 12.2. The van der Waals surface area contributed by atoms with E-state index in [2.05, 4.69) is 16.9 Å². The van der Waals surface area contributed by atoms with E-state index in [0.29, 0.717) is 19.3 Å². The lowest BCUT2D eigenvalue weighted by molar-refractivity contribution is -0.140. The molecule has 4 nitrogen and oxygen atoms in total. The van der Waals surface area contributed by atoms with Gasteiger partial charge in [-0.25, -0.2) is 0 Å². The van der Waals surface area contributed by atoms with Gasteiger partial charge in [0.05, 0.1) is 19.3 Å². The second kappa shape index (κ2) is 13.1. The molecule has 33 heavy (non-hydrogen) atoms. The number of ether oxygens (including phenoxy) is 1. The number of alkyl halides is 1. The van der Waals surface area contributed by atoms with Crippen molar-refractivity contribution in [3.05, 3.63) is 71.3 Å². The molecule has 180 valence electrons. The van der Waals surface area contributed by atoms with Crippen LogP contribution in [0.4, 0.5) is 0 Å². The van der Waals surface area contributed by atoms with E-state index < -0.39 is 12.2 Å². The summed E-state index contributed by atoms with van der Waals surface area (Å²) in [5.74, 6) is 0.109. The minimum Gasteiger partial charge on any atom is -0.469 e. The normalized spacial score (nSPS) is 23.4. The van der Waals surface area contributed by atoms with E-state index in [9.17, 15) is 15.0 Å². The molecule has 0 radical (unpaired) electrons. The zero-order valence-electron chi connectivity index (χ0n) is 19.5. The van der Waals surface area contributed by atoms with Crippen LogP contribution in [-0.2, 0) is 16.0 Å². The number of aliphatic hydroxyl groups is 2. The summed E-state index contributed by atoms with van der Waals surface area (Å²) in [7, 11) is 1.42. The Labute approximate surface area is 202 Å². The Morgan fingerprint density at radius 3 is 2.45 bits per heavy atom. The van der Waals surface area contributed by atoms with Crippen LogP contribution in [0.15, 0.2) is 54.6 Å². The van der Waals surface area contributed by atoms with Gasteiger partial charge in [0, 0.05) is 17.7 Å². The molecular formula is C28H37ClO4. The van der Waals surface area contributed by atoms with Gasteiger partial charge in [-0.2, -0.15) is 0 Å². The van der Waals surface area contributed by atoms with Crippen LogP contribution < -0.4 is 0 Å². The molecule has 5 heteroatoms. The SMILES string of the molecule is COC(=O)CCCCCC[C@@H]1[C@@H](c2ccc(C(O)CCc3ccccc3)cc2)[C@H](O)C[C@H]1Cl. The van der Waals surface area contributed by atoms with Crippen LogP contribution in [0.2, 0.25) is 0 Å². The molecule has 1 saturated carbocycles. The molecule has 1 aliphatic carbocycles. The molecule has 0 heterocycles. The first-order chi connectivity index (χ1) is 16.0. The Hall–Kier alpha value is -1.88. The fraction of sp³-hybridized carbons (Fsp3) is 0.536.